The van der Waals surface area contributed by atoms with Gasteiger partial charge in [-0.3, -0.25) is 4.79 Å². The molecule has 8 heteroatoms. The fourth-order valence-corrected chi connectivity index (χ4v) is 2.77. The highest BCUT2D eigenvalue weighted by molar-refractivity contribution is 5.76. The van der Waals surface area contributed by atoms with Crippen LogP contribution < -0.4 is 14.8 Å². The minimum Gasteiger partial charge on any atom is -0.490 e. The first-order chi connectivity index (χ1) is 14.2. The molecule has 0 saturated carbocycles. The molecule has 0 aliphatic heterocycles. The lowest BCUT2D eigenvalue weighted by Gasteiger charge is -2.12. The van der Waals surface area contributed by atoms with Crippen molar-refractivity contribution in [1.29, 1.82) is 0 Å². The topological polar surface area (TPSA) is 99.6 Å². The van der Waals surface area contributed by atoms with Crippen molar-refractivity contribution in [2.45, 2.75) is 33.1 Å². The van der Waals surface area contributed by atoms with Crippen LogP contribution in [0.15, 0.2) is 45.5 Å². The van der Waals surface area contributed by atoms with Crippen LogP contribution in [0.1, 0.15) is 31.7 Å². The zero-order valence-electron chi connectivity index (χ0n) is 16.6. The molecule has 2 aromatic heterocycles. The van der Waals surface area contributed by atoms with E-state index in [2.05, 4.69) is 15.5 Å². The summed E-state index contributed by atoms with van der Waals surface area (Å²) in [6.07, 6.45) is 2.88. The van der Waals surface area contributed by atoms with Crippen molar-refractivity contribution in [2.75, 3.05) is 19.8 Å². The van der Waals surface area contributed by atoms with Gasteiger partial charge in [-0.05, 0) is 50.1 Å². The lowest BCUT2D eigenvalue weighted by atomic mass is 10.1. The number of amides is 1. The Morgan fingerprint density at radius 1 is 1.10 bits per heavy atom. The molecule has 0 spiro atoms. The van der Waals surface area contributed by atoms with Crippen LogP contribution in [-0.4, -0.2) is 35.8 Å². The van der Waals surface area contributed by atoms with Crippen LogP contribution in [0, 0.1) is 0 Å². The molecule has 1 amide bonds. The predicted octanol–water partition coefficient (Wildman–Crippen LogP) is 3.42. The van der Waals surface area contributed by atoms with Crippen molar-refractivity contribution >= 4 is 5.91 Å². The molecule has 0 unspecified atom stereocenters. The number of hydrogen-bond acceptors (Lipinski definition) is 7. The maximum absolute atomic E-state index is 12.1. The molecule has 2 heterocycles. The number of carbonyl (C=O) groups is 1. The predicted molar refractivity (Wildman–Crippen MR) is 106 cm³/mol. The SMILES string of the molecule is CCOc1ccc(CCNC(=O)CCc2nc(-c3ccco3)no2)cc1OCC. The molecule has 0 aliphatic rings. The third-order valence-electron chi connectivity index (χ3n) is 4.12. The average Bonchev–Trinajstić information content (AvgIpc) is 3.40. The standard InChI is InChI=1S/C21H25N3O5/c1-3-26-16-8-7-15(14-18(16)27-4-2)11-12-22-19(25)9-10-20-23-21(24-29-20)17-6-5-13-28-17/h5-8,13-14H,3-4,9-12H2,1-2H3,(H,22,25). The zero-order chi connectivity index (χ0) is 20.5. The molecule has 29 heavy (non-hydrogen) atoms. The van der Waals surface area contributed by atoms with Crippen LogP contribution in [0.25, 0.3) is 11.6 Å². The van der Waals surface area contributed by atoms with E-state index in [-0.39, 0.29) is 12.3 Å². The van der Waals surface area contributed by atoms with Gasteiger partial charge in [0.25, 0.3) is 0 Å². The summed E-state index contributed by atoms with van der Waals surface area (Å²) in [5.74, 6) is 2.70. The fraction of sp³-hybridized carbons (Fsp3) is 0.381. The Balaban J connectivity index is 1.43. The quantitative estimate of drug-likeness (QED) is 0.527. The maximum atomic E-state index is 12.1. The highest BCUT2D eigenvalue weighted by Gasteiger charge is 2.12. The van der Waals surface area contributed by atoms with Gasteiger partial charge in [-0.15, -0.1) is 0 Å². The molecule has 3 aromatic rings. The molecule has 8 nitrogen and oxygen atoms in total. The Kier molecular flexibility index (Phi) is 7.27. The van der Waals surface area contributed by atoms with E-state index in [4.69, 9.17) is 18.4 Å². The number of aryl methyl sites for hydroxylation is 1. The molecule has 0 atom stereocenters. The Morgan fingerprint density at radius 2 is 1.93 bits per heavy atom. The van der Waals surface area contributed by atoms with Gasteiger partial charge in [-0.2, -0.15) is 4.98 Å². The number of nitrogens with one attached hydrogen (secondary N) is 1. The molecular formula is C21H25N3O5. The highest BCUT2D eigenvalue weighted by atomic mass is 16.5. The molecule has 0 aliphatic carbocycles. The molecule has 1 aromatic carbocycles. The Morgan fingerprint density at radius 3 is 2.69 bits per heavy atom. The van der Waals surface area contributed by atoms with E-state index in [9.17, 15) is 4.79 Å². The van der Waals surface area contributed by atoms with E-state index in [1.807, 2.05) is 32.0 Å². The van der Waals surface area contributed by atoms with Crippen LogP contribution in [0.4, 0.5) is 0 Å². The third-order valence-corrected chi connectivity index (χ3v) is 4.12. The first-order valence-corrected chi connectivity index (χ1v) is 9.71. The number of carbonyl (C=O) groups excluding carboxylic acids is 1. The molecule has 0 radical (unpaired) electrons. The number of benzene rings is 1. The summed E-state index contributed by atoms with van der Waals surface area (Å²) in [5, 5.41) is 6.76. The number of nitrogens with zero attached hydrogens (tertiary/aromatic N) is 2. The Labute approximate surface area is 169 Å². The number of aromatic nitrogens is 2. The van der Waals surface area contributed by atoms with E-state index in [0.717, 1.165) is 17.1 Å². The molecule has 1 N–H and O–H groups in total. The van der Waals surface area contributed by atoms with Crippen molar-refractivity contribution in [3.8, 4) is 23.1 Å². The molecular weight excluding hydrogens is 374 g/mol. The van der Waals surface area contributed by atoms with E-state index in [0.29, 0.717) is 50.1 Å². The van der Waals surface area contributed by atoms with Gasteiger partial charge in [0.15, 0.2) is 17.3 Å². The number of rotatable bonds is 11. The minimum atomic E-state index is -0.0706. The second-order valence-electron chi connectivity index (χ2n) is 6.24. The fourth-order valence-electron chi connectivity index (χ4n) is 2.77. The maximum Gasteiger partial charge on any atom is 0.238 e. The van der Waals surface area contributed by atoms with Gasteiger partial charge in [0, 0.05) is 19.4 Å². The molecule has 3 rings (SSSR count). The van der Waals surface area contributed by atoms with Crippen LogP contribution in [-0.2, 0) is 17.6 Å². The molecule has 154 valence electrons. The van der Waals surface area contributed by atoms with Crippen LogP contribution in [0.3, 0.4) is 0 Å². The summed E-state index contributed by atoms with van der Waals surface area (Å²) in [4.78, 5) is 16.3. The van der Waals surface area contributed by atoms with Gasteiger partial charge in [0.1, 0.15) is 0 Å². The van der Waals surface area contributed by atoms with Gasteiger partial charge >= 0.3 is 0 Å². The van der Waals surface area contributed by atoms with Gasteiger partial charge in [0.05, 0.1) is 19.5 Å². The van der Waals surface area contributed by atoms with Crippen molar-refractivity contribution in [3.63, 3.8) is 0 Å². The largest absolute Gasteiger partial charge is 0.490 e. The van der Waals surface area contributed by atoms with E-state index < -0.39 is 0 Å². The first kappa shape index (κ1) is 20.4. The number of ether oxygens (including phenoxy) is 2. The summed E-state index contributed by atoms with van der Waals surface area (Å²) < 4.78 is 21.6. The van der Waals surface area contributed by atoms with Crippen molar-refractivity contribution in [1.82, 2.24) is 15.5 Å². The van der Waals surface area contributed by atoms with E-state index in [1.165, 1.54) is 0 Å². The lowest BCUT2D eigenvalue weighted by Crippen LogP contribution is -2.25. The van der Waals surface area contributed by atoms with Gasteiger partial charge in [-0.1, -0.05) is 11.2 Å². The average molecular weight is 399 g/mol. The summed E-state index contributed by atoms with van der Waals surface area (Å²) in [5.41, 5.74) is 1.07. The second kappa shape index (κ2) is 10.3. The normalized spacial score (nSPS) is 10.7. The molecule has 0 bridgehead atoms. The third kappa shape index (κ3) is 5.84. The molecule has 0 saturated heterocycles. The smallest absolute Gasteiger partial charge is 0.238 e. The Hall–Kier alpha value is -3.29. The van der Waals surface area contributed by atoms with E-state index >= 15 is 0 Å². The zero-order valence-corrected chi connectivity index (χ0v) is 16.6. The summed E-state index contributed by atoms with van der Waals surface area (Å²) in [6.45, 7) is 5.55. The Bertz CT molecular complexity index is 905. The van der Waals surface area contributed by atoms with Crippen LogP contribution >= 0.6 is 0 Å². The number of furan rings is 1. The monoisotopic (exact) mass is 399 g/mol. The first-order valence-electron chi connectivity index (χ1n) is 9.71. The van der Waals surface area contributed by atoms with E-state index in [1.54, 1.807) is 18.4 Å². The van der Waals surface area contributed by atoms with Crippen molar-refractivity contribution < 1.29 is 23.2 Å². The van der Waals surface area contributed by atoms with Gasteiger partial charge in [-0.25, -0.2) is 0 Å². The van der Waals surface area contributed by atoms with Crippen molar-refractivity contribution in [3.05, 3.63) is 48.0 Å². The highest BCUT2D eigenvalue weighted by Crippen LogP contribution is 2.28. The molecule has 0 fully saturated rings. The summed E-state index contributed by atoms with van der Waals surface area (Å²) >= 11 is 0. The lowest BCUT2D eigenvalue weighted by molar-refractivity contribution is -0.121. The summed E-state index contributed by atoms with van der Waals surface area (Å²) in [7, 11) is 0. The second-order valence-corrected chi connectivity index (χ2v) is 6.24. The number of hydrogen-bond donors (Lipinski definition) is 1. The van der Waals surface area contributed by atoms with Crippen LogP contribution in [0.2, 0.25) is 0 Å². The minimum absolute atomic E-state index is 0.0706. The summed E-state index contributed by atoms with van der Waals surface area (Å²) in [6, 6.07) is 9.33. The van der Waals surface area contributed by atoms with Gasteiger partial charge in [0.2, 0.25) is 17.6 Å². The van der Waals surface area contributed by atoms with Crippen LogP contribution in [0.5, 0.6) is 11.5 Å². The van der Waals surface area contributed by atoms with Crippen molar-refractivity contribution in [2.24, 2.45) is 0 Å². The van der Waals surface area contributed by atoms with Gasteiger partial charge < -0.3 is 23.7 Å².